The normalized spacial score (nSPS) is 20.3. The first-order valence-electron chi connectivity index (χ1n) is 7.60. The van der Waals surface area contributed by atoms with Crippen LogP contribution >= 0.6 is 0 Å². The van der Waals surface area contributed by atoms with Gasteiger partial charge in [-0.15, -0.1) is 0 Å². The number of halogens is 1. The summed E-state index contributed by atoms with van der Waals surface area (Å²) in [6.45, 7) is 6.14. The molecule has 1 aliphatic heterocycles. The molecule has 1 amide bonds. The monoisotopic (exact) mass is 293 g/mol. The number of carbonyl (C=O) groups excluding carboxylic acids is 1. The zero-order valence-corrected chi connectivity index (χ0v) is 12.7. The minimum absolute atomic E-state index is 0.0693. The SMILES string of the molecule is CCNC(C)c1c(F)cccc1N1CCCC(C(N)=O)C1. The molecule has 0 aromatic heterocycles. The third kappa shape index (κ3) is 3.53. The second-order valence-electron chi connectivity index (χ2n) is 5.64. The van der Waals surface area contributed by atoms with Gasteiger partial charge in [0.2, 0.25) is 5.91 Å². The number of nitrogens with two attached hydrogens (primary N) is 1. The zero-order valence-electron chi connectivity index (χ0n) is 12.7. The van der Waals surface area contributed by atoms with Crippen LogP contribution in [0.4, 0.5) is 10.1 Å². The highest BCUT2D eigenvalue weighted by Gasteiger charge is 2.27. The van der Waals surface area contributed by atoms with Crippen molar-refractivity contribution in [2.45, 2.75) is 32.7 Å². The number of hydrogen-bond donors (Lipinski definition) is 2. The second-order valence-corrected chi connectivity index (χ2v) is 5.64. The first-order chi connectivity index (χ1) is 10.0. The summed E-state index contributed by atoms with van der Waals surface area (Å²) in [5.74, 6) is -0.621. The van der Waals surface area contributed by atoms with Crippen LogP contribution in [-0.4, -0.2) is 25.5 Å². The van der Waals surface area contributed by atoms with Gasteiger partial charge in [0.25, 0.3) is 0 Å². The summed E-state index contributed by atoms with van der Waals surface area (Å²) in [5, 5.41) is 3.26. The highest BCUT2D eigenvalue weighted by atomic mass is 19.1. The summed E-state index contributed by atoms with van der Waals surface area (Å²) < 4.78 is 14.3. The average molecular weight is 293 g/mol. The molecule has 0 radical (unpaired) electrons. The van der Waals surface area contributed by atoms with Crippen molar-refractivity contribution < 1.29 is 9.18 Å². The molecule has 1 aromatic rings. The van der Waals surface area contributed by atoms with Gasteiger partial charge in [-0.05, 0) is 38.4 Å². The number of piperidine rings is 1. The Morgan fingerprint density at radius 3 is 3.00 bits per heavy atom. The fourth-order valence-corrected chi connectivity index (χ4v) is 3.07. The van der Waals surface area contributed by atoms with E-state index in [2.05, 4.69) is 10.2 Å². The number of nitrogens with one attached hydrogen (secondary N) is 1. The summed E-state index contributed by atoms with van der Waals surface area (Å²) in [4.78, 5) is 13.5. The summed E-state index contributed by atoms with van der Waals surface area (Å²) in [5.41, 5.74) is 6.97. The van der Waals surface area contributed by atoms with Crippen LogP contribution in [0, 0.1) is 11.7 Å². The predicted octanol–water partition coefficient (Wildman–Crippen LogP) is 2.20. The third-order valence-electron chi connectivity index (χ3n) is 4.14. The molecule has 2 rings (SSSR count). The maximum Gasteiger partial charge on any atom is 0.222 e. The minimum atomic E-state index is -0.266. The van der Waals surface area contributed by atoms with Crippen LogP contribution in [0.25, 0.3) is 0 Å². The van der Waals surface area contributed by atoms with E-state index in [1.807, 2.05) is 19.9 Å². The van der Waals surface area contributed by atoms with Crippen molar-refractivity contribution in [1.29, 1.82) is 0 Å². The molecule has 2 atom stereocenters. The topological polar surface area (TPSA) is 58.4 Å². The lowest BCUT2D eigenvalue weighted by atomic mass is 9.95. The highest BCUT2D eigenvalue weighted by molar-refractivity contribution is 5.77. The van der Waals surface area contributed by atoms with Crippen LogP contribution in [0.2, 0.25) is 0 Å². The number of hydrogen-bond acceptors (Lipinski definition) is 3. The summed E-state index contributed by atoms with van der Waals surface area (Å²) in [7, 11) is 0. The van der Waals surface area contributed by atoms with E-state index in [9.17, 15) is 9.18 Å². The Labute approximate surface area is 125 Å². The lowest BCUT2D eigenvalue weighted by molar-refractivity contribution is -0.122. The molecule has 1 fully saturated rings. The summed E-state index contributed by atoms with van der Waals surface area (Å²) in [6, 6.07) is 5.07. The number of benzene rings is 1. The quantitative estimate of drug-likeness (QED) is 0.875. The fraction of sp³-hybridized carbons (Fsp3) is 0.562. The van der Waals surface area contributed by atoms with E-state index in [0.717, 1.165) is 31.6 Å². The smallest absolute Gasteiger partial charge is 0.222 e. The molecule has 1 saturated heterocycles. The number of amides is 1. The molecule has 1 aromatic carbocycles. The molecule has 21 heavy (non-hydrogen) atoms. The van der Waals surface area contributed by atoms with Crippen LogP contribution in [0.1, 0.15) is 38.3 Å². The lowest BCUT2D eigenvalue weighted by Gasteiger charge is -2.35. The number of rotatable bonds is 5. The Hall–Kier alpha value is -1.62. The molecular weight excluding hydrogens is 269 g/mol. The van der Waals surface area contributed by atoms with Crippen LogP contribution in [0.5, 0.6) is 0 Å². The van der Waals surface area contributed by atoms with Crippen LogP contribution < -0.4 is 16.0 Å². The van der Waals surface area contributed by atoms with Crippen LogP contribution in [0.15, 0.2) is 18.2 Å². The first kappa shape index (κ1) is 15.8. The van der Waals surface area contributed by atoms with Gasteiger partial charge in [0.1, 0.15) is 5.82 Å². The van der Waals surface area contributed by atoms with Gasteiger partial charge in [0.05, 0.1) is 5.92 Å². The third-order valence-corrected chi connectivity index (χ3v) is 4.14. The molecule has 3 N–H and O–H groups in total. The molecule has 4 nitrogen and oxygen atoms in total. The molecule has 0 bridgehead atoms. The van der Waals surface area contributed by atoms with E-state index >= 15 is 0 Å². The highest BCUT2D eigenvalue weighted by Crippen LogP contribution is 2.32. The van der Waals surface area contributed by atoms with Gasteiger partial charge in [-0.3, -0.25) is 4.79 Å². The van der Waals surface area contributed by atoms with E-state index < -0.39 is 0 Å². The molecule has 5 heteroatoms. The fourth-order valence-electron chi connectivity index (χ4n) is 3.07. The molecule has 2 unspecified atom stereocenters. The molecule has 0 saturated carbocycles. The maximum atomic E-state index is 14.3. The molecule has 1 heterocycles. The maximum absolute atomic E-state index is 14.3. The van der Waals surface area contributed by atoms with Crippen molar-refractivity contribution in [2.75, 3.05) is 24.5 Å². The van der Waals surface area contributed by atoms with Gasteiger partial charge in [0.15, 0.2) is 0 Å². The van der Waals surface area contributed by atoms with E-state index in [1.54, 1.807) is 6.07 Å². The Morgan fingerprint density at radius 2 is 2.33 bits per heavy atom. The van der Waals surface area contributed by atoms with E-state index in [4.69, 9.17) is 5.73 Å². The minimum Gasteiger partial charge on any atom is -0.370 e. The summed E-state index contributed by atoms with van der Waals surface area (Å²) in [6.07, 6.45) is 1.72. The number of nitrogens with zero attached hydrogens (tertiary/aromatic N) is 1. The lowest BCUT2D eigenvalue weighted by Crippen LogP contribution is -2.42. The Balaban J connectivity index is 2.30. The van der Waals surface area contributed by atoms with Gasteiger partial charge >= 0.3 is 0 Å². The van der Waals surface area contributed by atoms with Crippen molar-refractivity contribution in [3.8, 4) is 0 Å². The Kier molecular flexibility index (Phi) is 5.17. The van der Waals surface area contributed by atoms with Crippen LogP contribution in [-0.2, 0) is 4.79 Å². The number of primary amides is 1. The van der Waals surface area contributed by atoms with E-state index in [-0.39, 0.29) is 23.7 Å². The molecule has 1 aliphatic rings. The van der Waals surface area contributed by atoms with Crippen molar-refractivity contribution in [2.24, 2.45) is 11.7 Å². The molecule has 116 valence electrons. The first-order valence-corrected chi connectivity index (χ1v) is 7.60. The average Bonchev–Trinajstić information content (AvgIpc) is 2.47. The Bertz CT molecular complexity index is 506. The standard InChI is InChI=1S/C16H24FN3O/c1-3-19-11(2)15-13(17)7-4-8-14(15)20-9-5-6-12(10-20)16(18)21/h4,7-8,11-12,19H,3,5-6,9-10H2,1-2H3,(H2,18,21). The van der Waals surface area contributed by atoms with Crippen molar-refractivity contribution >= 4 is 11.6 Å². The predicted molar refractivity (Wildman–Crippen MR) is 82.6 cm³/mol. The van der Waals surface area contributed by atoms with Crippen molar-refractivity contribution in [3.05, 3.63) is 29.6 Å². The van der Waals surface area contributed by atoms with Gasteiger partial charge < -0.3 is 16.0 Å². The van der Waals surface area contributed by atoms with Gasteiger partial charge in [-0.2, -0.15) is 0 Å². The van der Waals surface area contributed by atoms with Gasteiger partial charge in [-0.25, -0.2) is 4.39 Å². The van der Waals surface area contributed by atoms with Crippen molar-refractivity contribution in [1.82, 2.24) is 5.32 Å². The molecule has 0 spiro atoms. The number of anilines is 1. The summed E-state index contributed by atoms with van der Waals surface area (Å²) >= 11 is 0. The van der Waals surface area contributed by atoms with Gasteiger partial charge in [0, 0.05) is 30.4 Å². The van der Waals surface area contributed by atoms with E-state index in [0.29, 0.717) is 12.1 Å². The molecule has 0 aliphatic carbocycles. The molecular formula is C16H24FN3O. The van der Waals surface area contributed by atoms with E-state index in [1.165, 1.54) is 6.07 Å². The second kappa shape index (κ2) is 6.89. The van der Waals surface area contributed by atoms with Crippen LogP contribution in [0.3, 0.4) is 0 Å². The number of carbonyl (C=O) groups is 1. The van der Waals surface area contributed by atoms with Gasteiger partial charge in [-0.1, -0.05) is 13.0 Å². The Morgan fingerprint density at radius 1 is 1.57 bits per heavy atom. The van der Waals surface area contributed by atoms with Crippen molar-refractivity contribution in [3.63, 3.8) is 0 Å². The largest absolute Gasteiger partial charge is 0.370 e. The zero-order chi connectivity index (χ0) is 15.4.